The SMILES string of the molecule is [2H]C1([2H])N=C(c2ccccc2)OC1=O. The van der Waals surface area contributed by atoms with Gasteiger partial charge in [0.15, 0.2) is 0 Å². The van der Waals surface area contributed by atoms with Crippen LogP contribution in [0.1, 0.15) is 8.30 Å². The summed E-state index contributed by atoms with van der Waals surface area (Å²) < 4.78 is 19.1. The highest BCUT2D eigenvalue weighted by Crippen LogP contribution is 2.07. The van der Waals surface area contributed by atoms with Crippen LogP contribution >= 0.6 is 0 Å². The van der Waals surface area contributed by atoms with Gasteiger partial charge in [-0.3, -0.25) is 0 Å². The molecule has 0 saturated carbocycles. The van der Waals surface area contributed by atoms with E-state index in [4.69, 9.17) is 7.48 Å². The van der Waals surface area contributed by atoms with Crippen molar-refractivity contribution in [2.45, 2.75) is 0 Å². The molecule has 1 aromatic carbocycles. The third-order valence-electron chi connectivity index (χ3n) is 1.46. The van der Waals surface area contributed by atoms with E-state index in [-0.39, 0.29) is 5.90 Å². The molecule has 1 heterocycles. The van der Waals surface area contributed by atoms with Gasteiger partial charge < -0.3 is 4.74 Å². The van der Waals surface area contributed by atoms with E-state index in [2.05, 4.69) is 4.99 Å². The third kappa shape index (κ3) is 1.21. The third-order valence-corrected chi connectivity index (χ3v) is 1.46. The highest BCUT2D eigenvalue weighted by molar-refractivity contribution is 6.04. The van der Waals surface area contributed by atoms with Gasteiger partial charge >= 0.3 is 5.97 Å². The summed E-state index contributed by atoms with van der Waals surface area (Å²) in [6.45, 7) is -2.24. The summed E-state index contributed by atoms with van der Waals surface area (Å²) in [6, 6.07) is 8.75. The Hall–Kier alpha value is -1.64. The molecule has 0 bridgehead atoms. The van der Waals surface area contributed by atoms with E-state index in [0.717, 1.165) is 0 Å². The summed E-state index contributed by atoms with van der Waals surface area (Å²) in [4.78, 5) is 14.5. The molecule has 1 aliphatic heterocycles. The van der Waals surface area contributed by atoms with E-state index in [0.29, 0.717) is 5.56 Å². The van der Waals surface area contributed by atoms with Crippen molar-refractivity contribution in [3.63, 3.8) is 0 Å². The Balaban J connectivity index is 2.36. The van der Waals surface area contributed by atoms with Crippen molar-refractivity contribution in [3.05, 3.63) is 35.9 Å². The van der Waals surface area contributed by atoms with E-state index in [9.17, 15) is 4.79 Å². The lowest BCUT2D eigenvalue weighted by molar-refractivity contribution is -0.132. The maximum atomic E-state index is 11.0. The molecule has 3 heteroatoms. The quantitative estimate of drug-likeness (QED) is 0.579. The second-order valence-electron chi connectivity index (χ2n) is 2.28. The number of cyclic esters (lactones) is 1. The van der Waals surface area contributed by atoms with Crippen molar-refractivity contribution < 1.29 is 12.3 Å². The average molecular weight is 163 g/mol. The maximum absolute atomic E-state index is 11.0. The van der Waals surface area contributed by atoms with Gasteiger partial charge in [0.1, 0.15) is 6.50 Å². The van der Waals surface area contributed by atoms with Gasteiger partial charge in [0.05, 0.1) is 2.74 Å². The Morgan fingerprint density at radius 1 is 1.42 bits per heavy atom. The van der Waals surface area contributed by atoms with Gasteiger partial charge in [-0.05, 0) is 12.1 Å². The first-order valence-electron chi connectivity index (χ1n) is 4.47. The van der Waals surface area contributed by atoms with Crippen LogP contribution in [0.4, 0.5) is 0 Å². The fourth-order valence-corrected chi connectivity index (χ4v) is 0.934. The maximum Gasteiger partial charge on any atom is 0.334 e. The molecular weight excluding hydrogens is 154 g/mol. The van der Waals surface area contributed by atoms with Crippen LogP contribution in [-0.4, -0.2) is 18.4 Å². The normalized spacial score (nSPS) is 22.3. The molecule has 0 unspecified atom stereocenters. The minimum Gasteiger partial charge on any atom is -0.406 e. The molecule has 12 heavy (non-hydrogen) atoms. The fraction of sp³-hybridized carbons (Fsp3) is 0.111. The number of esters is 1. The smallest absolute Gasteiger partial charge is 0.334 e. The molecule has 0 N–H and O–H groups in total. The minimum atomic E-state index is -2.24. The number of hydrogen-bond acceptors (Lipinski definition) is 3. The van der Waals surface area contributed by atoms with Crippen LogP contribution in [0, 0.1) is 0 Å². The first-order chi connectivity index (χ1) is 6.59. The van der Waals surface area contributed by atoms with Crippen molar-refractivity contribution in [1.82, 2.24) is 0 Å². The number of benzene rings is 1. The number of aliphatic imine (C=N–C) groups is 1. The highest BCUT2D eigenvalue weighted by atomic mass is 16.6. The van der Waals surface area contributed by atoms with Gasteiger partial charge in [-0.2, -0.15) is 0 Å². The van der Waals surface area contributed by atoms with Crippen molar-refractivity contribution in [2.75, 3.05) is 6.50 Å². The predicted molar refractivity (Wildman–Crippen MR) is 43.9 cm³/mol. The van der Waals surface area contributed by atoms with E-state index < -0.39 is 12.5 Å². The summed E-state index contributed by atoms with van der Waals surface area (Å²) in [5, 5.41) is 0. The Morgan fingerprint density at radius 2 is 2.17 bits per heavy atom. The van der Waals surface area contributed by atoms with E-state index in [1.165, 1.54) is 0 Å². The topological polar surface area (TPSA) is 38.7 Å². The molecule has 0 spiro atoms. The van der Waals surface area contributed by atoms with E-state index in [1.807, 2.05) is 6.07 Å². The average Bonchev–Trinajstić information content (AvgIpc) is 2.43. The number of carbonyl (C=O) groups excluding carboxylic acids is 1. The first kappa shape index (κ1) is 5.09. The van der Waals surface area contributed by atoms with Gasteiger partial charge in [0.2, 0.25) is 5.90 Å². The number of ether oxygens (including phenoxy) is 1. The lowest BCUT2D eigenvalue weighted by Crippen LogP contribution is -2.05. The van der Waals surface area contributed by atoms with Crippen LogP contribution in [0.15, 0.2) is 35.3 Å². The Kier molecular flexibility index (Phi) is 1.17. The van der Waals surface area contributed by atoms with Gasteiger partial charge in [-0.15, -0.1) is 0 Å². The zero-order chi connectivity index (χ0) is 10.2. The summed E-state index contributed by atoms with van der Waals surface area (Å²) >= 11 is 0. The van der Waals surface area contributed by atoms with Crippen molar-refractivity contribution >= 4 is 11.9 Å². The first-order valence-corrected chi connectivity index (χ1v) is 3.47. The predicted octanol–water partition coefficient (Wildman–Crippen LogP) is 0.990. The molecule has 0 amide bonds. The summed E-state index contributed by atoms with van der Waals surface area (Å²) in [5.41, 5.74) is 0.599. The molecular formula is C9H7NO2. The van der Waals surface area contributed by atoms with Gasteiger partial charge in [-0.1, -0.05) is 18.2 Å². The Labute approximate surface area is 72.5 Å². The standard InChI is InChI=1S/C9H7NO2/c11-8-6-10-9(12-8)7-4-2-1-3-5-7/h1-5H,6H2/i6D2. The van der Waals surface area contributed by atoms with Crippen LogP contribution in [0.5, 0.6) is 0 Å². The van der Waals surface area contributed by atoms with E-state index >= 15 is 0 Å². The fourth-order valence-electron chi connectivity index (χ4n) is 0.934. The molecule has 0 aliphatic carbocycles. The van der Waals surface area contributed by atoms with Crippen molar-refractivity contribution in [1.29, 1.82) is 0 Å². The zero-order valence-corrected chi connectivity index (χ0v) is 6.15. The van der Waals surface area contributed by atoms with Crippen LogP contribution in [-0.2, 0) is 9.53 Å². The summed E-state index contributed by atoms with van der Waals surface area (Å²) in [5.74, 6) is -0.919. The second-order valence-corrected chi connectivity index (χ2v) is 2.28. The molecule has 3 nitrogen and oxygen atoms in total. The van der Waals surface area contributed by atoms with Crippen molar-refractivity contribution in [3.8, 4) is 0 Å². The second kappa shape index (κ2) is 2.77. The van der Waals surface area contributed by atoms with Crippen LogP contribution < -0.4 is 0 Å². The molecule has 0 radical (unpaired) electrons. The number of hydrogen-bond donors (Lipinski definition) is 0. The monoisotopic (exact) mass is 163 g/mol. The van der Waals surface area contributed by atoms with Gasteiger partial charge in [0.25, 0.3) is 0 Å². The Morgan fingerprint density at radius 3 is 2.75 bits per heavy atom. The number of nitrogens with zero attached hydrogens (tertiary/aromatic N) is 1. The largest absolute Gasteiger partial charge is 0.406 e. The lowest BCUT2D eigenvalue weighted by Gasteiger charge is -1.97. The highest BCUT2D eigenvalue weighted by Gasteiger charge is 2.16. The van der Waals surface area contributed by atoms with Gasteiger partial charge in [0, 0.05) is 5.56 Å². The molecule has 0 atom stereocenters. The van der Waals surface area contributed by atoms with E-state index in [1.54, 1.807) is 24.3 Å². The van der Waals surface area contributed by atoms with Crippen LogP contribution in [0.25, 0.3) is 0 Å². The molecule has 0 fully saturated rings. The molecule has 0 saturated heterocycles. The molecule has 60 valence electrons. The summed E-state index contributed by atoms with van der Waals surface area (Å²) in [7, 11) is 0. The zero-order valence-electron chi connectivity index (χ0n) is 8.15. The van der Waals surface area contributed by atoms with Crippen LogP contribution in [0.2, 0.25) is 0 Å². The van der Waals surface area contributed by atoms with Gasteiger partial charge in [-0.25, -0.2) is 9.79 Å². The molecule has 1 aliphatic rings. The Bertz CT molecular complexity index is 401. The molecule has 0 aromatic heterocycles. The minimum absolute atomic E-state index is 0.0422. The summed E-state index contributed by atoms with van der Waals surface area (Å²) in [6.07, 6.45) is 0. The van der Waals surface area contributed by atoms with Crippen molar-refractivity contribution in [2.24, 2.45) is 4.99 Å². The number of rotatable bonds is 1. The molecule has 1 aromatic rings. The number of carbonyl (C=O) groups is 1. The molecule has 2 rings (SSSR count). The van der Waals surface area contributed by atoms with Crippen LogP contribution in [0.3, 0.4) is 0 Å². The lowest BCUT2D eigenvalue weighted by atomic mass is 10.2.